The van der Waals surface area contributed by atoms with E-state index in [9.17, 15) is 9.59 Å². The molecule has 7 nitrogen and oxygen atoms in total. The van der Waals surface area contributed by atoms with Gasteiger partial charge in [0, 0.05) is 24.3 Å². The average molecular weight is 304 g/mol. The Labute approximate surface area is 124 Å². The maximum atomic E-state index is 12.4. The van der Waals surface area contributed by atoms with Gasteiger partial charge in [-0.2, -0.15) is 0 Å². The van der Waals surface area contributed by atoms with E-state index in [0.717, 1.165) is 0 Å². The van der Waals surface area contributed by atoms with Gasteiger partial charge in [-0.25, -0.2) is 9.78 Å². The molecule has 0 radical (unpaired) electrons. The fourth-order valence-corrected chi connectivity index (χ4v) is 3.07. The molecular weight excluding hydrogens is 292 g/mol. The number of hydrogen-bond acceptors (Lipinski definition) is 6. The number of thiazole rings is 1. The molecule has 0 bridgehead atoms. The maximum Gasteiger partial charge on any atom is 0.326 e. The number of carboxylic acid groups (broad SMARTS) is 1. The third-order valence-corrected chi connectivity index (χ3v) is 4.17. The van der Waals surface area contributed by atoms with Crippen molar-refractivity contribution in [3.05, 3.63) is 29.7 Å². The first kappa shape index (κ1) is 13.6. The third-order valence-electron chi connectivity index (χ3n) is 3.30. The van der Waals surface area contributed by atoms with E-state index in [4.69, 9.17) is 5.11 Å². The number of hydrogen-bond donors (Lipinski definition) is 1. The summed E-state index contributed by atoms with van der Waals surface area (Å²) in [5, 5.41) is 11.4. The molecule has 2 aromatic rings. The predicted octanol–water partition coefficient (Wildman–Crippen LogP) is 1.29. The molecule has 8 heteroatoms. The molecule has 2 aromatic heterocycles. The summed E-state index contributed by atoms with van der Waals surface area (Å²) in [5.74, 6) is -1.31. The monoisotopic (exact) mass is 304 g/mol. The summed E-state index contributed by atoms with van der Waals surface area (Å²) in [7, 11) is 0. The molecular formula is C13H12N4O3S. The van der Waals surface area contributed by atoms with E-state index in [1.807, 2.05) is 0 Å². The predicted molar refractivity (Wildman–Crippen MR) is 74.8 cm³/mol. The highest BCUT2D eigenvalue weighted by atomic mass is 32.1. The largest absolute Gasteiger partial charge is 0.480 e. The zero-order valence-corrected chi connectivity index (χ0v) is 11.8. The molecule has 0 saturated carbocycles. The van der Waals surface area contributed by atoms with Crippen molar-refractivity contribution in [1.82, 2.24) is 19.9 Å². The highest BCUT2D eigenvalue weighted by Gasteiger charge is 2.35. The number of carbonyl (C=O) groups excluding carboxylic acids is 1. The molecule has 0 unspecified atom stereocenters. The summed E-state index contributed by atoms with van der Waals surface area (Å²) >= 11 is 1.29. The van der Waals surface area contributed by atoms with Gasteiger partial charge < -0.3 is 10.0 Å². The molecule has 108 valence electrons. The number of likely N-dealkylation sites (tertiary alicyclic amines) is 1. The van der Waals surface area contributed by atoms with Gasteiger partial charge in [-0.3, -0.25) is 14.8 Å². The molecule has 1 aliphatic heterocycles. The van der Waals surface area contributed by atoms with Gasteiger partial charge in [0.05, 0.1) is 6.20 Å². The minimum atomic E-state index is -0.967. The Bertz CT molecular complexity index is 673. The lowest BCUT2D eigenvalue weighted by Crippen LogP contribution is -2.40. The summed E-state index contributed by atoms with van der Waals surface area (Å²) in [6.07, 6.45) is 5.87. The van der Waals surface area contributed by atoms with Crippen LogP contribution in [0, 0.1) is 0 Å². The molecule has 1 N–H and O–H groups in total. The van der Waals surface area contributed by atoms with Gasteiger partial charge in [0.25, 0.3) is 5.91 Å². The van der Waals surface area contributed by atoms with E-state index in [2.05, 4.69) is 15.0 Å². The lowest BCUT2D eigenvalue weighted by atomic mass is 10.2. The number of carboxylic acids is 1. The Kier molecular flexibility index (Phi) is 3.61. The van der Waals surface area contributed by atoms with Crippen LogP contribution in [-0.4, -0.2) is 49.4 Å². The fourth-order valence-electron chi connectivity index (χ4n) is 2.31. The maximum absolute atomic E-state index is 12.4. The van der Waals surface area contributed by atoms with Crippen molar-refractivity contribution in [3.8, 4) is 10.7 Å². The molecule has 1 fully saturated rings. The Morgan fingerprint density at radius 2 is 2.24 bits per heavy atom. The second-order valence-corrected chi connectivity index (χ2v) is 5.48. The van der Waals surface area contributed by atoms with Crippen LogP contribution in [0.2, 0.25) is 0 Å². The lowest BCUT2D eigenvalue weighted by molar-refractivity contribution is -0.141. The van der Waals surface area contributed by atoms with Gasteiger partial charge in [-0.05, 0) is 12.8 Å². The lowest BCUT2D eigenvalue weighted by Gasteiger charge is -2.20. The zero-order valence-electron chi connectivity index (χ0n) is 11.0. The second kappa shape index (κ2) is 5.57. The number of aromatic nitrogens is 3. The van der Waals surface area contributed by atoms with Crippen molar-refractivity contribution in [3.63, 3.8) is 0 Å². The summed E-state index contributed by atoms with van der Waals surface area (Å²) in [4.78, 5) is 37.2. The van der Waals surface area contributed by atoms with Gasteiger partial charge in [0.2, 0.25) is 0 Å². The van der Waals surface area contributed by atoms with E-state index >= 15 is 0 Å². The second-order valence-electron chi connectivity index (χ2n) is 4.62. The van der Waals surface area contributed by atoms with Crippen LogP contribution in [0.15, 0.2) is 24.0 Å². The van der Waals surface area contributed by atoms with Crippen molar-refractivity contribution < 1.29 is 14.7 Å². The van der Waals surface area contributed by atoms with Crippen LogP contribution in [0.4, 0.5) is 0 Å². The highest BCUT2D eigenvalue weighted by molar-refractivity contribution is 7.13. The minimum Gasteiger partial charge on any atom is -0.480 e. The Morgan fingerprint density at radius 3 is 2.95 bits per heavy atom. The molecule has 3 heterocycles. The fraction of sp³-hybridized carbons (Fsp3) is 0.308. The van der Waals surface area contributed by atoms with Crippen LogP contribution in [0.1, 0.15) is 23.3 Å². The normalized spacial score (nSPS) is 17.9. The quantitative estimate of drug-likeness (QED) is 0.918. The molecule has 3 rings (SSSR count). The number of amides is 1. The van der Waals surface area contributed by atoms with Crippen molar-refractivity contribution >= 4 is 23.2 Å². The van der Waals surface area contributed by atoms with Crippen LogP contribution in [0.5, 0.6) is 0 Å². The summed E-state index contributed by atoms with van der Waals surface area (Å²) < 4.78 is 0. The summed E-state index contributed by atoms with van der Waals surface area (Å²) in [6, 6.07) is -0.751. The molecule has 1 aliphatic rings. The van der Waals surface area contributed by atoms with E-state index in [1.165, 1.54) is 16.2 Å². The number of aliphatic carboxylic acids is 1. The first-order valence-corrected chi connectivity index (χ1v) is 7.30. The zero-order chi connectivity index (χ0) is 14.8. The van der Waals surface area contributed by atoms with Crippen LogP contribution in [-0.2, 0) is 4.79 Å². The summed E-state index contributed by atoms with van der Waals surface area (Å²) in [6.45, 7) is 0.452. The van der Waals surface area contributed by atoms with E-state index in [0.29, 0.717) is 30.1 Å². The van der Waals surface area contributed by atoms with Crippen LogP contribution < -0.4 is 0 Å². The van der Waals surface area contributed by atoms with E-state index in [-0.39, 0.29) is 11.6 Å². The Hall–Kier alpha value is -2.35. The molecule has 1 amide bonds. The standard InChI is InChI=1S/C13H12N4O3S/c18-12(17-5-1-2-10(17)13(19)20)9-7-21-11(16-9)8-6-14-3-4-15-8/h3-4,6-7,10H,1-2,5H2,(H,19,20)/t10-/m0/s1. The smallest absolute Gasteiger partial charge is 0.326 e. The SMILES string of the molecule is O=C(O)[C@@H]1CCCN1C(=O)c1csc(-c2cnccn2)n1. The van der Waals surface area contributed by atoms with Crippen molar-refractivity contribution in [2.24, 2.45) is 0 Å². The molecule has 21 heavy (non-hydrogen) atoms. The number of rotatable bonds is 3. The van der Waals surface area contributed by atoms with Crippen LogP contribution in [0.25, 0.3) is 10.7 Å². The highest BCUT2D eigenvalue weighted by Crippen LogP contribution is 2.24. The number of nitrogens with zero attached hydrogens (tertiary/aromatic N) is 4. The van der Waals surface area contributed by atoms with Gasteiger partial charge in [-0.1, -0.05) is 0 Å². The Balaban J connectivity index is 1.83. The van der Waals surface area contributed by atoms with Gasteiger partial charge in [0.1, 0.15) is 22.4 Å². The van der Waals surface area contributed by atoms with Crippen molar-refractivity contribution in [2.45, 2.75) is 18.9 Å². The molecule has 0 aromatic carbocycles. The van der Waals surface area contributed by atoms with Gasteiger partial charge in [0.15, 0.2) is 0 Å². The molecule has 0 spiro atoms. The van der Waals surface area contributed by atoms with Crippen LogP contribution in [0.3, 0.4) is 0 Å². The number of carbonyl (C=O) groups is 2. The first-order valence-electron chi connectivity index (χ1n) is 6.42. The van der Waals surface area contributed by atoms with E-state index < -0.39 is 12.0 Å². The van der Waals surface area contributed by atoms with Gasteiger partial charge >= 0.3 is 5.97 Å². The molecule has 1 atom stereocenters. The van der Waals surface area contributed by atoms with Crippen molar-refractivity contribution in [2.75, 3.05) is 6.54 Å². The minimum absolute atomic E-state index is 0.258. The topological polar surface area (TPSA) is 96.3 Å². The Morgan fingerprint density at radius 1 is 1.38 bits per heavy atom. The van der Waals surface area contributed by atoms with Crippen molar-refractivity contribution in [1.29, 1.82) is 0 Å². The first-order chi connectivity index (χ1) is 10.2. The third kappa shape index (κ3) is 2.62. The van der Waals surface area contributed by atoms with Crippen LogP contribution >= 0.6 is 11.3 Å². The molecule has 1 saturated heterocycles. The van der Waals surface area contributed by atoms with Gasteiger partial charge in [-0.15, -0.1) is 11.3 Å². The summed E-state index contributed by atoms with van der Waals surface area (Å²) in [5.41, 5.74) is 0.853. The average Bonchev–Trinajstić information content (AvgIpc) is 3.17. The molecule has 0 aliphatic carbocycles. The van der Waals surface area contributed by atoms with E-state index in [1.54, 1.807) is 24.0 Å².